The number of hydrogen-bond acceptors (Lipinski definition) is 5. The summed E-state index contributed by atoms with van der Waals surface area (Å²) in [5.41, 5.74) is 3.35. The van der Waals surface area contributed by atoms with Crippen molar-refractivity contribution in [2.45, 2.75) is 39.2 Å². The van der Waals surface area contributed by atoms with Gasteiger partial charge in [0.15, 0.2) is 0 Å². The Hall–Kier alpha value is -1.79. The molecule has 1 aromatic heterocycles. The van der Waals surface area contributed by atoms with Crippen LogP contribution in [0.2, 0.25) is 0 Å². The number of aliphatic hydroxyl groups excluding tert-OH is 1. The molecule has 1 saturated carbocycles. The zero-order chi connectivity index (χ0) is 15.7. The number of carbonyl (C=O) groups is 1. The van der Waals surface area contributed by atoms with Crippen molar-refractivity contribution in [1.29, 1.82) is 0 Å². The number of aromatic nitrogens is 2. The summed E-state index contributed by atoms with van der Waals surface area (Å²) in [5, 5.41) is 22.0. The molecule has 22 heavy (non-hydrogen) atoms. The summed E-state index contributed by atoms with van der Waals surface area (Å²) in [5.74, 6) is -0.485. The van der Waals surface area contributed by atoms with E-state index in [1.807, 2.05) is 13.8 Å². The molecular weight excluding hydrogens is 298 g/mol. The van der Waals surface area contributed by atoms with Gasteiger partial charge < -0.3 is 10.4 Å². The van der Waals surface area contributed by atoms with Crippen molar-refractivity contribution in [1.82, 2.24) is 10.2 Å². The van der Waals surface area contributed by atoms with Gasteiger partial charge in [-0.05, 0) is 45.2 Å². The largest absolute Gasteiger partial charge is 0.392 e. The SMILES string of the molecule is Cc1cc(C)cc(-c2nnc(NC(=O)C3CCCC3O)s2)c1. The fourth-order valence-corrected chi connectivity index (χ4v) is 3.67. The highest BCUT2D eigenvalue weighted by atomic mass is 32.1. The topological polar surface area (TPSA) is 75.1 Å². The molecule has 0 saturated heterocycles. The third kappa shape index (κ3) is 3.18. The van der Waals surface area contributed by atoms with Gasteiger partial charge in [-0.15, -0.1) is 10.2 Å². The third-order valence-electron chi connectivity index (χ3n) is 3.94. The Bertz CT molecular complexity index is 678. The Morgan fingerprint density at radius 2 is 1.95 bits per heavy atom. The second-order valence-electron chi connectivity index (χ2n) is 5.88. The van der Waals surface area contributed by atoms with Gasteiger partial charge in [0.2, 0.25) is 11.0 Å². The molecule has 3 rings (SSSR count). The van der Waals surface area contributed by atoms with E-state index in [2.05, 4.69) is 33.7 Å². The van der Waals surface area contributed by atoms with Crippen LogP contribution in [0.1, 0.15) is 30.4 Å². The van der Waals surface area contributed by atoms with Crippen LogP contribution in [-0.4, -0.2) is 27.3 Å². The lowest BCUT2D eigenvalue weighted by Crippen LogP contribution is -2.28. The summed E-state index contributed by atoms with van der Waals surface area (Å²) in [6, 6.07) is 6.22. The smallest absolute Gasteiger partial charge is 0.231 e. The van der Waals surface area contributed by atoms with Crippen molar-refractivity contribution in [3.63, 3.8) is 0 Å². The lowest BCUT2D eigenvalue weighted by Gasteiger charge is -2.12. The molecule has 0 bridgehead atoms. The summed E-state index contributed by atoms with van der Waals surface area (Å²) in [6.45, 7) is 4.09. The average molecular weight is 317 g/mol. The summed E-state index contributed by atoms with van der Waals surface area (Å²) in [4.78, 5) is 12.1. The quantitative estimate of drug-likeness (QED) is 0.912. The Kier molecular flexibility index (Phi) is 4.22. The molecule has 0 spiro atoms. The molecule has 2 aromatic rings. The van der Waals surface area contributed by atoms with E-state index in [4.69, 9.17) is 0 Å². The van der Waals surface area contributed by atoms with Crippen LogP contribution in [0.3, 0.4) is 0 Å². The summed E-state index contributed by atoms with van der Waals surface area (Å²) < 4.78 is 0. The molecular formula is C16H19N3O2S. The van der Waals surface area contributed by atoms with Crippen molar-refractivity contribution >= 4 is 22.4 Å². The maximum Gasteiger partial charge on any atom is 0.231 e. The molecule has 6 heteroatoms. The predicted octanol–water partition coefficient (Wildman–Crippen LogP) is 2.92. The van der Waals surface area contributed by atoms with E-state index in [0.717, 1.165) is 23.4 Å². The first-order valence-corrected chi connectivity index (χ1v) is 8.25. The van der Waals surface area contributed by atoms with Crippen molar-refractivity contribution in [2.75, 3.05) is 5.32 Å². The fraction of sp³-hybridized carbons (Fsp3) is 0.438. The molecule has 0 radical (unpaired) electrons. The molecule has 1 heterocycles. The molecule has 1 aromatic carbocycles. The maximum absolute atomic E-state index is 12.1. The molecule has 1 aliphatic carbocycles. The van der Waals surface area contributed by atoms with E-state index >= 15 is 0 Å². The minimum absolute atomic E-state index is 0.159. The van der Waals surface area contributed by atoms with Crippen molar-refractivity contribution in [3.8, 4) is 10.6 Å². The molecule has 1 aliphatic rings. The van der Waals surface area contributed by atoms with Crippen LogP contribution in [0.25, 0.3) is 10.6 Å². The Morgan fingerprint density at radius 1 is 1.23 bits per heavy atom. The first-order chi connectivity index (χ1) is 10.5. The molecule has 1 fully saturated rings. The standard InChI is InChI=1S/C16H19N3O2S/c1-9-6-10(2)8-11(7-9)15-18-19-16(22-15)17-14(21)12-4-3-5-13(12)20/h6-8,12-13,20H,3-5H2,1-2H3,(H,17,19,21). The Balaban J connectivity index is 1.75. The van der Waals surface area contributed by atoms with Crippen LogP contribution in [-0.2, 0) is 4.79 Å². The van der Waals surface area contributed by atoms with Gasteiger partial charge >= 0.3 is 0 Å². The molecule has 2 N–H and O–H groups in total. The monoisotopic (exact) mass is 317 g/mol. The minimum Gasteiger partial charge on any atom is -0.392 e. The molecule has 1 amide bonds. The maximum atomic E-state index is 12.1. The van der Waals surface area contributed by atoms with Crippen LogP contribution >= 0.6 is 11.3 Å². The number of aliphatic hydroxyl groups is 1. The van der Waals surface area contributed by atoms with E-state index in [1.165, 1.54) is 22.5 Å². The number of anilines is 1. The van der Waals surface area contributed by atoms with Crippen molar-refractivity contribution < 1.29 is 9.90 Å². The first-order valence-electron chi connectivity index (χ1n) is 7.44. The first kappa shape index (κ1) is 15.1. The van der Waals surface area contributed by atoms with Gasteiger partial charge in [-0.25, -0.2) is 0 Å². The zero-order valence-electron chi connectivity index (χ0n) is 12.7. The number of amides is 1. The lowest BCUT2D eigenvalue weighted by molar-refractivity contribution is -0.122. The van der Waals surface area contributed by atoms with Crippen LogP contribution in [0, 0.1) is 19.8 Å². The highest BCUT2D eigenvalue weighted by Crippen LogP contribution is 2.30. The minimum atomic E-state index is -0.535. The predicted molar refractivity (Wildman–Crippen MR) is 86.8 cm³/mol. The van der Waals surface area contributed by atoms with Gasteiger partial charge in [-0.3, -0.25) is 4.79 Å². The number of nitrogens with zero attached hydrogens (tertiary/aromatic N) is 2. The summed E-state index contributed by atoms with van der Waals surface area (Å²) in [7, 11) is 0. The Morgan fingerprint density at radius 3 is 2.59 bits per heavy atom. The summed E-state index contributed by atoms with van der Waals surface area (Å²) in [6.07, 6.45) is 1.79. The lowest BCUT2D eigenvalue weighted by atomic mass is 10.1. The van der Waals surface area contributed by atoms with E-state index in [-0.39, 0.29) is 11.8 Å². The number of nitrogens with one attached hydrogen (secondary N) is 1. The molecule has 5 nitrogen and oxygen atoms in total. The van der Waals surface area contributed by atoms with Gasteiger partial charge in [0, 0.05) is 5.56 Å². The number of benzene rings is 1. The van der Waals surface area contributed by atoms with E-state index in [0.29, 0.717) is 11.6 Å². The average Bonchev–Trinajstić information content (AvgIpc) is 3.06. The van der Waals surface area contributed by atoms with Crippen LogP contribution in [0.5, 0.6) is 0 Å². The van der Waals surface area contributed by atoms with Crippen LogP contribution in [0.4, 0.5) is 5.13 Å². The number of carbonyl (C=O) groups excluding carboxylic acids is 1. The number of aryl methyl sites for hydroxylation is 2. The van der Waals surface area contributed by atoms with Gasteiger partial charge in [-0.1, -0.05) is 28.5 Å². The number of rotatable bonds is 3. The second-order valence-corrected chi connectivity index (χ2v) is 6.86. The second kappa shape index (κ2) is 6.14. The van der Waals surface area contributed by atoms with E-state index in [9.17, 15) is 9.90 Å². The van der Waals surface area contributed by atoms with Crippen molar-refractivity contribution in [3.05, 3.63) is 29.3 Å². The van der Waals surface area contributed by atoms with E-state index in [1.54, 1.807) is 0 Å². The molecule has 2 atom stereocenters. The van der Waals surface area contributed by atoms with Crippen LogP contribution in [0.15, 0.2) is 18.2 Å². The van der Waals surface area contributed by atoms with Gasteiger partial charge in [-0.2, -0.15) is 0 Å². The van der Waals surface area contributed by atoms with Crippen molar-refractivity contribution in [2.24, 2.45) is 5.92 Å². The van der Waals surface area contributed by atoms with Gasteiger partial charge in [0.25, 0.3) is 0 Å². The fourth-order valence-electron chi connectivity index (χ4n) is 2.93. The third-order valence-corrected chi connectivity index (χ3v) is 4.83. The van der Waals surface area contributed by atoms with Crippen LogP contribution < -0.4 is 5.32 Å². The highest BCUT2D eigenvalue weighted by molar-refractivity contribution is 7.18. The van der Waals surface area contributed by atoms with E-state index < -0.39 is 6.10 Å². The van der Waals surface area contributed by atoms with Gasteiger partial charge in [0.05, 0.1) is 12.0 Å². The molecule has 2 unspecified atom stereocenters. The molecule has 0 aliphatic heterocycles. The summed E-state index contributed by atoms with van der Waals surface area (Å²) >= 11 is 1.36. The van der Waals surface area contributed by atoms with Gasteiger partial charge in [0.1, 0.15) is 5.01 Å². The zero-order valence-corrected chi connectivity index (χ0v) is 13.5. The number of hydrogen-bond donors (Lipinski definition) is 2. The normalized spacial score (nSPS) is 21.0. The highest BCUT2D eigenvalue weighted by Gasteiger charge is 2.31. The molecule has 116 valence electrons. The Labute approximate surface area is 133 Å².